The molecule has 0 aliphatic carbocycles. The highest BCUT2D eigenvalue weighted by Crippen LogP contribution is 2.24. The number of anilines is 2. The number of nitrogens with one attached hydrogen (secondary N) is 1. The summed E-state index contributed by atoms with van der Waals surface area (Å²) < 4.78 is 11.1. The molecule has 1 aliphatic heterocycles. The summed E-state index contributed by atoms with van der Waals surface area (Å²) in [6, 6.07) is 0.354. The lowest BCUT2D eigenvalue weighted by atomic mass is 9.96. The minimum Gasteiger partial charge on any atom is -0.461 e. The third-order valence-electron chi connectivity index (χ3n) is 3.64. The van der Waals surface area contributed by atoms with Gasteiger partial charge in [-0.15, -0.1) is 0 Å². The predicted molar refractivity (Wildman–Crippen MR) is 81.9 cm³/mol. The number of methoxy groups -OCH3 is 1. The van der Waals surface area contributed by atoms with Crippen LogP contribution in [0.1, 0.15) is 27.2 Å². The second-order valence-corrected chi connectivity index (χ2v) is 5.64. The Morgan fingerprint density at radius 3 is 2.67 bits per heavy atom. The van der Waals surface area contributed by atoms with Gasteiger partial charge in [0.15, 0.2) is 0 Å². The van der Waals surface area contributed by atoms with E-state index in [1.807, 2.05) is 13.8 Å². The van der Waals surface area contributed by atoms with Crippen LogP contribution in [0.25, 0.3) is 0 Å². The monoisotopic (exact) mass is 295 g/mol. The lowest BCUT2D eigenvalue weighted by Gasteiger charge is -2.36. The number of ether oxygens (including phenoxy) is 2. The van der Waals surface area contributed by atoms with Crippen LogP contribution in [0.4, 0.5) is 11.9 Å². The number of rotatable bonds is 5. The molecule has 7 heteroatoms. The zero-order chi connectivity index (χ0) is 15.4. The van der Waals surface area contributed by atoms with Gasteiger partial charge in [-0.1, -0.05) is 6.92 Å². The maximum Gasteiger partial charge on any atom is 0.323 e. The fraction of sp³-hybridized carbons (Fsp3) is 0.786. The summed E-state index contributed by atoms with van der Waals surface area (Å²) in [7, 11) is 3.54. The molecule has 7 nitrogen and oxygen atoms in total. The number of piperidine rings is 1. The van der Waals surface area contributed by atoms with Crippen molar-refractivity contribution in [1.29, 1.82) is 0 Å². The first-order chi connectivity index (χ1) is 10.0. The van der Waals surface area contributed by atoms with Crippen molar-refractivity contribution in [1.82, 2.24) is 15.0 Å². The molecule has 2 heterocycles. The minimum atomic E-state index is 0.0260. The maximum atomic E-state index is 5.60. The zero-order valence-electron chi connectivity index (χ0n) is 13.5. The molecule has 1 N–H and O–H groups in total. The third-order valence-corrected chi connectivity index (χ3v) is 3.64. The summed E-state index contributed by atoms with van der Waals surface area (Å²) in [6.07, 6.45) is 1.28. The Labute approximate surface area is 126 Å². The van der Waals surface area contributed by atoms with Crippen molar-refractivity contribution in [2.45, 2.75) is 39.4 Å². The summed E-state index contributed by atoms with van der Waals surface area (Å²) in [5.41, 5.74) is 0. The van der Waals surface area contributed by atoms with Gasteiger partial charge >= 0.3 is 6.01 Å². The molecule has 118 valence electrons. The van der Waals surface area contributed by atoms with E-state index in [9.17, 15) is 0 Å². The van der Waals surface area contributed by atoms with Crippen LogP contribution in [0.5, 0.6) is 6.01 Å². The first-order valence-corrected chi connectivity index (χ1v) is 7.41. The summed E-state index contributed by atoms with van der Waals surface area (Å²) in [6.45, 7) is 7.81. The quantitative estimate of drug-likeness (QED) is 0.883. The van der Waals surface area contributed by atoms with E-state index in [4.69, 9.17) is 9.47 Å². The smallest absolute Gasteiger partial charge is 0.323 e. The molecule has 21 heavy (non-hydrogen) atoms. The van der Waals surface area contributed by atoms with E-state index in [1.54, 1.807) is 14.2 Å². The molecule has 0 aromatic carbocycles. The second kappa shape index (κ2) is 6.89. The van der Waals surface area contributed by atoms with Crippen LogP contribution >= 0.6 is 0 Å². The molecule has 0 amide bonds. The van der Waals surface area contributed by atoms with Gasteiger partial charge in [-0.05, 0) is 26.2 Å². The average molecular weight is 295 g/mol. The van der Waals surface area contributed by atoms with E-state index >= 15 is 0 Å². The normalized spacial score (nSPS) is 22.5. The number of aromatic nitrogens is 3. The maximum absolute atomic E-state index is 5.60. The first kappa shape index (κ1) is 15.8. The number of nitrogens with zero attached hydrogens (tertiary/aromatic N) is 4. The summed E-state index contributed by atoms with van der Waals surface area (Å²) >= 11 is 0. The molecule has 2 unspecified atom stereocenters. The van der Waals surface area contributed by atoms with Crippen molar-refractivity contribution in [3.05, 3.63) is 0 Å². The zero-order valence-corrected chi connectivity index (χ0v) is 13.5. The van der Waals surface area contributed by atoms with Gasteiger partial charge < -0.3 is 19.7 Å². The van der Waals surface area contributed by atoms with Crippen LogP contribution in [0.15, 0.2) is 0 Å². The molecule has 1 aromatic heterocycles. The highest BCUT2D eigenvalue weighted by atomic mass is 16.5. The second-order valence-electron chi connectivity index (χ2n) is 5.64. The van der Waals surface area contributed by atoms with Gasteiger partial charge in [-0.2, -0.15) is 15.0 Å². The Kier molecular flexibility index (Phi) is 5.17. The molecule has 1 aromatic rings. The lowest BCUT2D eigenvalue weighted by molar-refractivity contribution is 0.0493. The molecule has 1 saturated heterocycles. The molecule has 0 radical (unpaired) electrons. The molecule has 2 rings (SSSR count). The summed E-state index contributed by atoms with van der Waals surface area (Å²) in [4.78, 5) is 15.2. The minimum absolute atomic E-state index is 0.0260. The van der Waals surface area contributed by atoms with Crippen LogP contribution < -0.4 is 15.0 Å². The van der Waals surface area contributed by atoms with Crippen LogP contribution in [-0.2, 0) is 4.74 Å². The van der Waals surface area contributed by atoms with Gasteiger partial charge in [0.2, 0.25) is 11.9 Å². The SMILES string of the molecule is CNc1nc(OC(C)C)nc(N2CCC(C)C(OC)C2)n1. The van der Waals surface area contributed by atoms with Crippen molar-refractivity contribution >= 4 is 11.9 Å². The molecular weight excluding hydrogens is 270 g/mol. The largest absolute Gasteiger partial charge is 0.461 e. The molecule has 0 bridgehead atoms. The topological polar surface area (TPSA) is 72.4 Å². The Bertz CT molecular complexity index is 469. The van der Waals surface area contributed by atoms with Gasteiger partial charge in [-0.25, -0.2) is 0 Å². The number of hydrogen-bond donors (Lipinski definition) is 1. The molecule has 0 saturated carbocycles. The highest BCUT2D eigenvalue weighted by Gasteiger charge is 2.28. The van der Waals surface area contributed by atoms with Crippen LogP contribution in [0.3, 0.4) is 0 Å². The molecule has 0 spiro atoms. The van der Waals surface area contributed by atoms with Crippen LogP contribution in [0.2, 0.25) is 0 Å². The fourth-order valence-electron chi connectivity index (χ4n) is 2.38. The predicted octanol–water partition coefficient (Wildman–Crippen LogP) is 1.56. The van der Waals surface area contributed by atoms with Crippen molar-refractivity contribution in [3.8, 4) is 6.01 Å². The number of hydrogen-bond acceptors (Lipinski definition) is 7. The van der Waals surface area contributed by atoms with Gasteiger partial charge in [0, 0.05) is 27.2 Å². The summed E-state index contributed by atoms with van der Waals surface area (Å²) in [5.74, 6) is 1.70. The van der Waals surface area contributed by atoms with Crippen molar-refractivity contribution < 1.29 is 9.47 Å². The van der Waals surface area contributed by atoms with E-state index in [0.29, 0.717) is 23.8 Å². The molecule has 1 aliphatic rings. The third kappa shape index (κ3) is 3.93. The van der Waals surface area contributed by atoms with E-state index in [1.165, 1.54) is 0 Å². The highest BCUT2D eigenvalue weighted by molar-refractivity contribution is 5.38. The molecule has 1 fully saturated rings. The van der Waals surface area contributed by atoms with E-state index in [0.717, 1.165) is 19.5 Å². The lowest BCUT2D eigenvalue weighted by Crippen LogP contribution is -2.44. The van der Waals surface area contributed by atoms with E-state index < -0.39 is 0 Å². The van der Waals surface area contributed by atoms with Gasteiger partial charge in [0.1, 0.15) is 0 Å². The van der Waals surface area contributed by atoms with Crippen LogP contribution in [-0.4, -0.2) is 54.4 Å². The molecule has 2 atom stereocenters. The van der Waals surface area contributed by atoms with Gasteiger partial charge in [0.25, 0.3) is 0 Å². The first-order valence-electron chi connectivity index (χ1n) is 7.41. The van der Waals surface area contributed by atoms with E-state index in [-0.39, 0.29) is 12.2 Å². The van der Waals surface area contributed by atoms with E-state index in [2.05, 4.69) is 32.1 Å². The Morgan fingerprint density at radius 1 is 1.29 bits per heavy atom. The molecular formula is C14H25N5O2. The van der Waals surface area contributed by atoms with Crippen molar-refractivity contribution in [3.63, 3.8) is 0 Å². The van der Waals surface area contributed by atoms with Gasteiger partial charge in [-0.3, -0.25) is 0 Å². The Balaban J connectivity index is 2.21. The fourth-order valence-corrected chi connectivity index (χ4v) is 2.38. The average Bonchev–Trinajstić information content (AvgIpc) is 2.46. The summed E-state index contributed by atoms with van der Waals surface area (Å²) in [5, 5.41) is 2.95. The van der Waals surface area contributed by atoms with Gasteiger partial charge in [0.05, 0.1) is 12.2 Å². The van der Waals surface area contributed by atoms with Crippen molar-refractivity contribution in [2.75, 3.05) is 37.5 Å². The van der Waals surface area contributed by atoms with Crippen LogP contribution in [0, 0.1) is 5.92 Å². The Morgan fingerprint density at radius 2 is 2.05 bits per heavy atom. The van der Waals surface area contributed by atoms with Crippen molar-refractivity contribution in [2.24, 2.45) is 5.92 Å². The standard InChI is InChI=1S/C14H25N5O2/c1-9(2)21-14-17-12(15-4)16-13(18-14)19-7-6-10(3)11(8-19)20-5/h9-11H,6-8H2,1-5H3,(H,15,16,17,18). The Hall–Kier alpha value is -1.63.